The standard InChI is InChI=1S/C28H26FN3O2/c1-19-9-3-6-13-26(19)33-18-8-7-12-25-27(34-28(31-25)32-17-16-30-20(32)2)23-14-15-24(29)22-11-5-4-10-21(22)23/h3-6,9-11,13-17H,7-8,12,18H2,1-2H3. The predicted octanol–water partition coefficient (Wildman–Crippen LogP) is 6.84. The van der Waals surface area contributed by atoms with Crippen molar-refractivity contribution in [2.45, 2.75) is 33.1 Å². The number of hydrogen-bond donors (Lipinski definition) is 0. The lowest BCUT2D eigenvalue weighted by atomic mass is 10.00. The molecule has 5 nitrogen and oxygen atoms in total. The SMILES string of the molecule is Cc1ccccc1OCCCCc1nc(-n2ccnc2C)oc1-c1ccc(F)c2ccccc12. The normalized spacial score (nSPS) is 11.3. The van der Waals surface area contributed by atoms with Gasteiger partial charge in [0.05, 0.1) is 12.3 Å². The number of benzene rings is 3. The molecular weight excluding hydrogens is 429 g/mol. The molecule has 0 atom stereocenters. The van der Waals surface area contributed by atoms with E-state index in [1.165, 1.54) is 6.07 Å². The van der Waals surface area contributed by atoms with E-state index in [1.807, 2.05) is 67.1 Å². The molecule has 172 valence electrons. The Morgan fingerprint density at radius 2 is 1.74 bits per heavy atom. The number of hydrogen-bond acceptors (Lipinski definition) is 4. The third-order valence-electron chi connectivity index (χ3n) is 5.99. The number of halogens is 1. The minimum absolute atomic E-state index is 0.251. The number of aromatic nitrogens is 3. The van der Waals surface area contributed by atoms with Crippen LogP contribution in [-0.4, -0.2) is 21.1 Å². The van der Waals surface area contributed by atoms with Crippen molar-refractivity contribution in [1.82, 2.24) is 14.5 Å². The topological polar surface area (TPSA) is 53.1 Å². The summed E-state index contributed by atoms with van der Waals surface area (Å²) >= 11 is 0. The summed E-state index contributed by atoms with van der Waals surface area (Å²) in [5.41, 5.74) is 2.81. The molecule has 0 bridgehead atoms. The van der Waals surface area contributed by atoms with Crippen molar-refractivity contribution in [2.24, 2.45) is 0 Å². The molecule has 0 aliphatic rings. The molecule has 0 amide bonds. The number of ether oxygens (including phenoxy) is 1. The minimum atomic E-state index is -0.251. The van der Waals surface area contributed by atoms with E-state index >= 15 is 0 Å². The van der Waals surface area contributed by atoms with E-state index in [0.29, 0.717) is 23.8 Å². The van der Waals surface area contributed by atoms with E-state index in [4.69, 9.17) is 14.1 Å². The van der Waals surface area contributed by atoms with Gasteiger partial charge in [-0.25, -0.2) is 9.37 Å². The summed E-state index contributed by atoms with van der Waals surface area (Å²) in [5, 5.41) is 1.37. The van der Waals surface area contributed by atoms with Gasteiger partial charge in [-0.3, -0.25) is 4.57 Å². The zero-order valence-electron chi connectivity index (χ0n) is 19.3. The molecule has 5 rings (SSSR count). The summed E-state index contributed by atoms with van der Waals surface area (Å²) in [6.07, 6.45) is 6.02. The first-order valence-corrected chi connectivity index (χ1v) is 11.5. The Kier molecular flexibility index (Phi) is 6.12. The van der Waals surface area contributed by atoms with Crippen LogP contribution < -0.4 is 4.74 Å². The van der Waals surface area contributed by atoms with Gasteiger partial charge < -0.3 is 9.15 Å². The Hall–Kier alpha value is -3.93. The highest BCUT2D eigenvalue weighted by Gasteiger charge is 2.20. The highest BCUT2D eigenvalue weighted by atomic mass is 19.1. The highest BCUT2D eigenvalue weighted by molar-refractivity contribution is 5.96. The van der Waals surface area contributed by atoms with Crippen molar-refractivity contribution in [3.05, 3.63) is 96.0 Å². The van der Waals surface area contributed by atoms with Gasteiger partial charge in [-0.1, -0.05) is 42.5 Å². The average Bonchev–Trinajstić information content (AvgIpc) is 3.46. The van der Waals surface area contributed by atoms with E-state index in [-0.39, 0.29) is 5.82 Å². The lowest BCUT2D eigenvalue weighted by Crippen LogP contribution is -2.00. The van der Waals surface area contributed by atoms with Crippen LogP contribution in [0.1, 0.15) is 29.9 Å². The van der Waals surface area contributed by atoms with Crippen molar-refractivity contribution in [2.75, 3.05) is 6.61 Å². The maximum absolute atomic E-state index is 14.4. The smallest absolute Gasteiger partial charge is 0.307 e. The molecule has 0 saturated heterocycles. The van der Waals surface area contributed by atoms with Crippen LogP contribution in [0.4, 0.5) is 4.39 Å². The van der Waals surface area contributed by atoms with E-state index < -0.39 is 0 Å². The van der Waals surface area contributed by atoms with Crippen LogP contribution in [-0.2, 0) is 6.42 Å². The monoisotopic (exact) mass is 455 g/mol. The summed E-state index contributed by atoms with van der Waals surface area (Å²) < 4.78 is 28.5. The summed E-state index contributed by atoms with van der Waals surface area (Å²) in [6, 6.07) is 19.2. The molecule has 6 heteroatoms. The zero-order valence-corrected chi connectivity index (χ0v) is 19.3. The van der Waals surface area contributed by atoms with Crippen LogP contribution in [0.5, 0.6) is 5.75 Å². The highest BCUT2D eigenvalue weighted by Crippen LogP contribution is 2.34. The number of imidazole rings is 1. The first kappa shape index (κ1) is 21.9. The fraction of sp³-hybridized carbons (Fsp3) is 0.214. The molecule has 0 N–H and O–H groups in total. The van der Waals surface area contributed by atoms with Gasteiger partial charge in [0, 0.05) is 23.3 Å². The Morgan fingerprint density at radius 3 is 2.53 bits per heavy atom. The largest absolute Gasteiger partial charge is 0.493 e. The van der Waals surface area contributed by atoms with Crippen LogP contribution in [0.2, 0.25) is 0 Å². The molecule has 2 aromatic heterocycles. The Balaban J connectivity index is 1.41. The van der Waals surface area contributed by atoms with Crippen LogP contribution >= 0.6 is 0 Å². The van der Waals surface area contributed by atoms with E-state index in [0.717, 1.165) is 53.0 Å². The molecule has 0 spiro atoms. The third-order valence-corrected chi connectivity index (χ3v) is 5.99. The van der Waals surface area contributed by atoms with Crippen LogP contribution in [0.25, 0.3) is 28.1 Å². The van der Waals surface area contributed by atoms with Gasteiger partial charge in [-0.15, -0.1) is 0 Å². The Labute approximate surface area is 197 Å². The third kappa shape index (κ3) is 4.31. The second-order valence-electron chi connectivity index (χ2n) is 8.33. The maximum Gasteiger partial charge on any atom is 0.307 e. The summed E-state index contributed by atoms with van der Waals surface area (Å²) in [6.45, 7) is 4.58. The van der Waals surface area contributed by atoms with Gasteiger partial charge >= 0.3 is 6.01 Å². The molecule has 5 aromatic rings. The predicted molar refractivity (Wildman–Crippen MR) is 131 cm³/mol. The molecule has 3 aromatic carbocycles. The van der Waals surface area contributed by atoms with E-state index in [2.05, 4.69) is 4.98 Å². The number of para-hydroxylation sites is 1. The fourth-order valence-electron chi connectivity index (χ4n) is 4.16. The first-order valence-electron chi connectivity index (χ1n) is 11.5. The molecular formula is C28H26FN3O2. The summed E-state index contributed by atoms with van der Waals surface area (Å²) in [7, 11) is 0. The van der Waals surface area contributed by atoms with Gasteiger partial charge in [0.2, 0.25) is 0 Å². The summed E-state index contributed by atoms with van der Waals surface area (Å²) in [4.78, 5) is 9.10. The van der Waals surface area contributed by atoms with Gasteiger partial charge in [-0.05, 0) is 62.3 Å². The number of fused-ring (bicyclic) bond motifs is 1. The van der Waals surface area contributed by atoms with Gasteiger partial charge in [0.15, 0.2) is 5.76 Å². The molecule has 0 radical (unpaired) electrons. The van der Waals surface area contributed by atoms with Crippen molar-refractivity contribution < 1.29 is 13.5 Å². The molecule has 0 aliphatic carbocycles. The van der Waals surface area contributed by atoms with Crippen LogP contribution in [0.3, 0.4) is 0 Å². The molecule has 0 saturated carbocycles. The molecule has 0 unspecified atom stereocenters. The average molecular weight is 456 g/mol. The molecule has 2 heterocycles. The number of oxazole rings is 1. The zero-order chi connectivity index (χ0) is 23.5. The molecule has 0 aliphatic heterocycles. The van der Waals surface area contributed by atoms with Crippen molar-refractivity contribution in [3.63, 3.8) is 0 Å². The van der Waals surface area contributed by atoms with Gasteiger partial charge in [-0.2, -0.15) is 4.98 Å². The van der Waals surface area contributed by atoms with Crippen LogP contribution in [0, 0.1) is 19.7 Å². The minimum Gasteiger partial charge on any atom is -0.493 e. The number of aryl methyl sites for hydroxylation is 3. The van der Waals surface area contributed by atoms with Crippen LogP contribution in [0.15, 0.2) is 77.5 Å². The van der Waals surface area contributed by atoms with E-state index in [9.17, 15) is 4.39 Å². The fourth-order valence-corrected chi connectivity index (χ4v) is 4.16. The van der Waals surface area contributed by atoms with Crippen molar-refractivity contribution >= 4 is 10.8 Å². The second-order valence-corrected chi connectivity index (χ2v) is 8.33. The quantitative estimate of drug-likeness (QED) is 0.240. The molecule has 34 heavy (non-hydrogen) atoms. The number of rotatable bonds is 8. The number of unbranched alkanes of at least 4 members (excludes halogenated alkanes) is 1. The lowest BCUT2D eigenvalue weighted by Gasteiger charge is -2.09. The van der Waals surface area contributed by atoms with Gasteiger partial charge in [0.1, 0.15) is 17.4 Å². The molecule has 0 fully saturated rings. The van der Waals surface area contributed by atoms with E-state index in [1.54, 1.807) is 18.3 Å². The summed E-state index contributed by atoms with van der Waals surface area (Å²) in [5.74, 6) is 2.12. The van der Waals surface area contributed by atoms with Crippen molar-refractivity contribution in [1.29, 1.82) is 0 Å². The first-order chi connectivity index (χ1) is 16.6. The van der Waals surface area contributed by atoms with Crippen molar-refractivity contribution in [3.8, 4) is 23.1 Å². The lowest BCUT2D eigenvalue weighted by molar-refractivity contribution is 0.305. The Bertz CT molecular complexity index is 1440. The van der Waals surface area contributed by atoms with Gasteiger partial charge in [0.25, 0.3) is 0 Å². The Morgan fingerprint density at radius 1 is 0.941 bits per heavy atom. The second kappa shape index (κ2) is 9.51. The maximum atomic E-state index is 14.4. The number of nitrogens with zero attached hydrogens (tertiary/aromatic N) is 3.